The molecule has 0 aromatic heterocycles. The van der Waals surface area contributed by atoms with Gasteiger partial charge in [-0.05, 0) is 67.1 Å². The summed E-state index contributed by atoms with van der Waals surface area (Å²) in [7, 11) is 0. The third kappa shape index (κ3) is 14.2. The maximum absolute atomic E-state index is 12.8. The van der Waals surface area contributed by atoms with Crippen molar-refractivity contribution in [3.05, 3.63) is 93.5 Å². The summed E-state index contributed by atoms with van der Waals surface area (Å²) in [5.74, 6) is -1.18. The number of nitrogens with one attached hydrogen (secondary N) is 1. The lowest BCUT2D eigenvalue weighted by molar-refractivity contribution is -0.121. The molecule has 0 heterocycles. The topological polar surface area (TPSA) is 94.1 Å². The van der Waals surface area contributed by atoms with Crippen molar-refractivity contribution in [2.75, 3.05) is 0 Å². The number of hydrogen-bond acceptors (Lipinski definition) is 6. The predicted molar refractivity (Wildman–Crippen MR) is 185 cm³/mol. The summed E-state index contributed by atoms with van der Waals surface area (Å²) in [4.78, 5) is 37.8. The number of carbonyl (C=O) groups is 3. The number of ether oxygens (including phenoxy) is 2. The molecule has 1 amide bonds. The van der Waals surface area contributed by atoms with Gasteiger partial charge in [-0.3, -0.25) is 4.79 Å². The minimum Gasteiger partial charge on any atom is -0.423 e. The van der Waals surface area contributed by atoms with Gasteiger partial charge in [0.05, 0.1) is 17.3 Å². The smallest absolute Gasteiger partial charge is 0.343 e. The van der Waals surface area contributed by atoms with Crippen LogP contribution < -0.4 is 14.9 Å². The monoisotopic (exact) mass is 666 g/mol. The van der Waals surface area contributed by atoms with Crippen molar-refractivity contribution in [2.45, 2.75) is 96.8 Å². The third-order valence-corrected chi connectivity index (χ3v) is 7.96. The maximum Gasteiger partial charge on any atom is 0.343 e. The Kier molecular flexibility index (Phi) is 16.9. The van der Waals surface area contributed by atoms with E-state index in [1.807, 2.05) is 0 Å². The van der Waals surface area contributed by atoms with E-state index in [0.29, 0.717) is 27.6 Å². The Morgan fingerprint density at radius 2 is 1.13 bits per heavy atom. The lowest BCUT2D eigenvalue weighted by Crippen LogP contribution is -2.17. The highest BCUT2D eigenvalue weighted by atomic mass is 35.5. The first-order chi connectivity index (χ1) is 22.4. The highest BCUT2D eigenvalue weighted by molar-refractivity contribution is 6.31. The summed E-state index contributed by atoms with van der Waals surface area (Å²) in [6.07, 6.45) is 17.9. The molecule has 0 aliphatic carbocycles. The van der Waals surface area contributed by atoms with Crippen molar-refractivity contribution in [2.24, 2.45) is 5.10 Å². The summed E-state index contributed by atoms with van der Waals surface area (Å²) >= 11 is 11.9. The van der Waals surface area contributed by atoms with Gasteiger partial charge in [-0.25, -0.2) is 15.0 Å². The molecule has 0 saturated carbocycles. The molecule has 0 bridgehead atoms. The fraction of sp³-hybridized carbons (Fsp3) is 0.405. The fourth-order valence-corrected chi connectivity index (χ4v) is 5.05. The number of carbonyl (C=O) groups excluding carboxylic acids is 3. The molecule has 3 aromatic rings. The zero-order valence-electron chi connectivity index (χ0n) is 26.6. The molecule has 246 valence electrons. The van der Waals surface area contributed by atoms with Crippen molar-refractivity contribution in [1.29, 1.82) is 0 Å². The molecule has 9 heteroatoms. The van der Waals surface area contributed by atoms with Gasteiger partial charge in [0.15, 0.2) is 0 Å². The number of benzene rings is 3. The Hall–Kier alpha value is -3.68. The van der Waals surface area contributed by atoms with E-state index in [9.17, 15) is 14.4 Å². The Balaban J connectivity index is 1.48. The van der Waals surface area contributed by atoms with Crippen LogP contribution in [0.1, 0.15) is 123 Å². The van der Waals surface area contributed by atoms with Gasteiger partial charge in [-0.1, -0.05) is 107 Å². The average Bonchev–Trinajstić information content (AvgIpc) is 3.04. The quantitative estimate of drug-likeness (QED) is 0.0426. The van der Waals surface area contributed by atoms with E-state index in [0.717, 1.165) is 19.3 Å². The summed E-state index contributed by atoms with van der Waals surface area (Å²) in [6.45, 7) is 2.25. The number of rotatable bonds is 20. The Morgan fingerprint density at radius 3 is 1.65 bits per heavy atom. The van der Waals surface area contributed by atoms with Crippen LogP contribution in [0.15, 0.2) is 71.8 Å². The fourth-order valence-electron chi connectivity index (χ4n) is 4.80. The maximum atomic E-state index is 12.8. The van der Waals surface area contributed by atoms with Crippen LogP contribution in [0.25, 0.3) is 0 Å². The SMILES string of the molecule is CCCCCCCCCCCCCCCC(=O)N/N=C/c1ccc(OC(=O)c2ccc(Cl)cc2)cc1OC(=O)c1ccc(Cl)cc1. The van der Waals surface area contributed by atoms with Gasteiger partial charge in [0, 0.05) is 28.1 Å². The molecule has 7 nitrogen and oxygen atoms in total. The summed E-state index contributed by atoms with van der Waals surface area (Å²) < 4.78 is 11.1. The van der Waals surface area contributed by atoms with E-state index in [2.05, 4.69) is 17.5 Å². The largest absolute Gasteiger partial charge is 0.423 e. The molecular weight excluding hydrogens is 623 g/mol. The van der Waals surface area contributed by atoms with Crippen LogP contribution in [0.2, 0.25) is 10.0 Å². The van der Waals surface area contributed by atoms with E-state index < -0.39 is 11.9 Å². The van der Waals surface area contributed by atoms with Gasteiger partial charge in [0.1, 0.15) is 11.5 Å². The predicted octanol–water partition coefficient (Wildman–Crippen LogP) is 10.4. The lowest BCUT2D eigenvalue weighted by Gasteiger charge is -2.11. The van der Waals surface area contributed by atoms with Gasteiger partial charge >= 0.3 is 11.9 Å². The molecule has 0 saturated heterocycles. The van der Waals surface area contributed by atoms with Gasteiger partial charge in [-0.2, -0.15) is 5.10 Å². The van der Waals surface area contributed by atoms with Crippen molar-refractivity contribution >= 4 is 47.3 Å². The van der Waals surface area contributed by atoms with Gasteiger partial charge in [-0.15, -0.1) is 0 Å². The van der Waals surface area contributed by atoms with Gasteiger partial charge < -0.3 is 9.47 Å². The van der Waals surface area contributed by atoms with Crippen LogP contribution in [0.4, 0.5) is 0 Å². The van der Waals surface area contributed by atoms with Crippen molar-refractivity contribution < 1.29 is 23.9 Å². The molecule has 3 aromatic carbocycles. The zero-order chi connectivity index (χ0) is 33.0. The molecule has 1 N–H and O–H groups in total. The zero-order valence-corrected chi connectivity index (χ0v) is 28.1. The molecular formula is C37H44Cl2N2O5. The first-order valence-corrected chi connectivity index (χ1v) is 17.0. The van der Waals surface area contributed by atoms with Crippen LogP contribution >= 0.6 is 23.2 Å². The van der Waals surface area contributed by atoms with Crippen LogP contribution in [0, 0.1) is 0 Å². The Labute approximate surface area is 282 Å². The Bertz CT molecular complexity index is 1410. The summed E-state index contributed by atoms with van der Waals surface area (Å²) in [6, 6.07) is 17.1. The summed E-state index contributed by atoms with van der Waals surface area (Å²) in [5.41, 5.74) is 3.53. The van der Waals surface area contributed by atoms with E-state index in [1.165, 1.54) is 76.5 Å². The van der Waals surface area contributed by atoms with Crippen molar-refractivity contribution in [3.8, 4) is 11.5 Å². The van der Waals surface area contributed by atoms with Crippen LogP contribution in [0.3, 0.4) is 0 Å². The van der Waals surface area contributed by atoms with Crippen molar-refractivity contribution in [3.63, 3.8) is 0 Å². The molecule has 0 spiro atoms. The first kappa shape index (κ1) is 36.8. The molecule has 0 radical (unpaired) electrons. The minimum absolute atomic E-state index is 0.0934. The number of unbranched alkanes of at least 4 members (excludes halogenated alkanes) is 12. The van der Waals surface area contributed by atoms with Crippen LogP contribution in [-0.4, -0.2) is 24.1 Å². The Morgan fingerprint density at radius 1 is 0.652 bits per heavy atom. The standard InChI is InChI=1S/C37H44Cl2N2O5/c1-2-3-4-5-6-7-8-9-10-11-12-13-14-15-35(42)41-40-27-30-20-25-33(45-36(43)28-16-21-31(38)22-17-28)26-34(30)46-37(44)29-18-23-32(39)24-19-29/h16-27H,2-15H2,1H3,(H,41,42)/b40-27+. The summed E-state index contributed by atoms with van der Waals surface area (Å²) in [5, 5.41) is 5.04. The molecule has 46 heavy (non-hydrogen) atoms. The number of amides is 1. The second kappa shape index (κ2) is 21.2. The first-order valence-electron chi connectivity index (χ1n) is 16.3. The van der Waals surface area contributed by atoms with E-state index >= 15 is 0 Å². The van der Waals surface area contributed by atoms with Gasteiger partial charge in [0.2, 0.25) is 5.91 Å². The van der Waals surface area contributed by atoms with Crippen LogP contribution in [-0.2, 0) is 4.79 Å². The normalized spacial score (nSPS) is 11.0. The second-order valence-corrected chi connectivity index (χ2v) is 12.2. The highest BCUT2D eigenvalue weighted by Gasteiger charge is 2.15. The molecule has 0 aliphatic heterocycles. The molecule has 3 rings (SSSR count). The highest BCUT2D eigenvalue weighted by Crippen LogP contribution is 2.26. The third-order valence-electron chi connectivity index (χ3n) is 7.46. The molecule has 0 aliphatic rings. The number of hydrazone groups is 1. The van der Waals surface area contributed by atoms with E-state index in [-0.39, 0.29) is 23.0 Å². The van der Waals surface area contributed by atoms with E-state index in [1.54, 1.807) is 60.7 Å². The average molecular weight is 668 g/mol. The van der Waals surface area contributed by atoms with E-state index in [4.69, 9.17) is 32.7 Å². The van der Waals surface area contributed by atoms with Crippen molar-refractivity contribution in [1.82, 2.24) is 5.43 Å². The molecule has 0 unspecified atom stereocenters. The lowest BCUT2D eigenvalue weighted by atomic mass is 10.0. The second-order valence-electron chi connectivity index (χ2n) is 11.3. The van der Waals surface area contributed by atoms with Crippen LogP contribution in [0.5, 0.6) is 11.5 Å². The number of nitrogens with zero attached hydrogens (tertiary/aromatic N) is 1. The molecule has 0 atom stereocenters. The van der Waals surface area contributed by atoms with Gasteiger partial charge in [0.25, 0.3) is 0 Å². The number of halogens is 2. The number of esters is 2. The molecule has 0 fully saturated rings. The minimum atomic E-state index is -0.640. The number of hydrogen-bond donors (Lipinski definition) is 1.